The van der Waals surface area contributed by atoms with Gasteiger partial charge in [0, 0.05) is 62.7 Å². The van der Waals surface area contributed by atoms with Gasteiger partial charge in [0.05, 0.1) is 27.8 Å². The lowest BCUT2D eigenvalue weighted by Crippen LogP contribution is -2.02. The second-order valence-corrected chi connectivity index (χ2v) is 11.5. The average molecular weight is 602 g/mol. The minimum Gasteiger partial charge on any atom is -0.253 e. The van der Waals surface area contributed by atoms with Gasteiger partial charge in [-0.05, 0) is 62.2 Å². The zero-order valence-corrected chi connectivity index (χ0v) is 25.8. The summed E-state index contributed by atoms with van der Waals surface area (Å²) in [4.78, 5) is 33.1. The van der Waals surface area contributed by atoms with Crippen molar-refractivity contribution in [3.8, 4) is 33.5 Å². The number of rotatable bonds is 4. The van der Waals surface area contributed by atoms with Gasteiger partial charge in [-0.15, -0.1) is 0 Å². The fourth-order valence-electron chi connectivity index (χ4n) is 6.33. The topological polar surface area (TPSA) is 90.2 Å². The molecule has 0 unspecified atom stereocenters. The standard InChI is InChI=1S/C38H28FN7/c1-5-34-41-19-30-26(11-8-14-33(30)46-34)37-28-17-27(23-9-6-13-32-29(23)18-40-21(3)43-32)36(39)35(38(28)45-22(4)44-37)25-10-7-12-31-24(25)16-15-20(2)42-31/h6-19H,5H2,1-4H3. The summed E-state index contributed by atoms with van der Waals surface area (Å²) in [6.45, 7) is 7.68. The second-order valence-electron chi connectivity index (χ2n) is 11.5. The molecule has 0 fully saturated rings. The van der Waals surface area contributed by atoms with Crippen molar-refractivity contribution in [2.75, 3.05) is 0 Å². The maximum absolute atomic E-state index is 17.4. The van der Waals surface area contributed by atoms with Crippen molar-refractivity contribution < 1.29 is 4.39 Å². The largest absolute Gasteiger partial charge is 0.253 e. The normalized spacial score (nSPS) is 11.7. The summed E-state index contributed by atoms with van der Waals surface area (Å²) in [5.74, 6) is 1.57. The third-order valence-electron chi connectivity index (χ3n) is 8.46. The van der Waals surface area contributed by atoms with E-state index in [2.05, 4.69) is 15.0 Å². The number of hydrogen-bond acceptors (Lipinski definition) is 7. The number of halogens is 1. The first kappa shape index (κ1) is 27.8. The number of benzene rings is 4. The van der Waals surface area contributed by atoms with E-state index in [4.69, 9.17) is 19.9 Å². The van der Waals surface area contributed by atoms with E-state index in [0.717, 1.165) is 56.2 Å². The van der Waals surface area contributed by atoms with Crippen LogP contribution in [0.5, 0.6) is 0 Å². The van der Waals surface area contributed by atoms with Crippen molar-refractivity contribution in [3.63, 3.8) is 0 Å². The van der Waals surface area contributed by atoms with E-state index in [1.54, 1.807) is 6.20 Å². The first-order valence-electron chi connectivity index (χ1n) is 15.2. The molecule has 0 aliphatic rings. The number of hydrogen-bond donors (Lipinski definition) is 0. The van der Waals surface area contributed by atoms with Crippen LogP contribution in [-0.4, -0.2) is 34.9 Å². The maximum Gasteiger partial charge on any atom is 0.141 e. The van der Waals surface area contributed by atoms with Crippen LogP contribution in [-0.2, 0) is 6.42 Å². The summed E-state index contributed by atoms with van der Waals surface area (Å²) >= 11 is 0. The number of aryl methyl sites for hydroxylation is 4. The molecule has 0 spiro atoms. The van der Waals surface area contributed by atoms with Gasteiger partial charge in [0.2, 0.25) is 0 Å². The highest BCUT2D eigenvalue weighted by molar-refractivity contribution is 6.11. The Labute approximate surface area is 264 Å². The van der Waals surface area contributed by atoms with E-state index in [1.807, 2.05) is 107 Å². The van der Waals surface area contributed by atoms with E-state index < -0.39 is 0 Å². The molecule has 0 N–H and O–H groups in total. The molecular weight excluding hydrogens is 573 g/mol. The van der Waals surface area contributed by atoms with Crippen molar-refractivity contribution in [2.45, 2.75) is 34.1 Å². The van der Waals surface area contributed by atoms with Crippen LogP contribution in [0, 0.1) is 26.6 Å². The molecule has 0 atom stereocenters. The number of pyridine rings is 1. The molecule has 4 aromatic heterocycles. The molecule has 0 saturated carbocycles. The van der Waals surface area contributed by atoms with E-state index >= 15 is 4.39 Å². The van der Waals surface area contributed by atoms with Crippen LogP contribution in [0.2, 0.25) is 0 Å². The molecule has 4 aromatic carbocycles. The Morgan fingerprint density at radius 2 is 1.24 bits per heavy atom. The SMILES string of the molecule is CCc1ncc2c(-c3nc(C)nc4c(-c5cccc6nc(C)ccc56)c(F)c(-c5cccc6nc(C)ncc56)cc34)cccc2n1. The van der Waals surface area contributed by atoms with Crippen molar-refractivity contribution in [3.05, 3.63) is 114 Å². The van der Waals surface area contributed by atoms with Crippen molar-refractivity contribution in [1.29, 1.82) is 0 Å². The minimum atomic E-state index is -0.383. The fourth-order valence-corrected chi connectivity index (χ4v) is 6.33. The molecule has 0 aliphatic heterocycles. The van der Waals surface area contributed by atoms with Gasteiger partial charge in [-0.25, -0.2) is 34.3 Å². The van der Waals surface area contributed by atoms with E-state index in [9.17, 15) is 0 Å². The lowest BCUT2D eigenvalue weighted by Gasteiger charge is -2.18. The Bertz CT molecular complexity index is 2530. The number of aromatic nitrogens is 7. The highest BCUT2D eigenvalue weighted by Gasteiger charge is 2.24. The monoisotopic (exact) mass is 601 g/mol. The van der Waals surface area contributed by atoms with Crippen molar-refractivity contribution in [1.82, 2.24) is 34.9 Å². The van der Waals surface area contributed by atoms with Crippen LogP contribution in [0.25, 0.3) is 77.1 Å². The number of nitrogens with zero attached hydrogens (tertiary/aromatic N) is 7. The molecule has 8 aromatic rings. The quantitative estimate of drug-likeness (QED) is 0.199. The molecule has 0 saturated heterocycles. The molecule has 8 rings (SSSR count). The molecule has 0 amide bonds. The van der Waals surface area contributed by atoms with Crippen LogP contribution < -0.4 is 0 Å². The third kappa shape index (κ3) is 4.44. The molecule has 46 heavy (non-hydrogen) atoms. The molecule has 4 heterocycles. The lowest BCUT2D eigenvalue weighted by molar-refractivity contribution is 0.636. The molecule has 0 bridgehead atoms. The second kappa shape index (κ2) is 10.7. The summed E-state index contributed by atoms with van der Waals surface area (Å²) in [7, 11) is 0. The van der Waals surface area contributed by atoms with Crippen LogP contribution in [0.3, 0.4) is 0 Å². The zero-order valence-electron chi connectivity index (χ0n) is 25.8. The molecular formula is C38H28FN7. The Balaban J connectivity index is 1.54. The first-order valence-corrected chi connectivity index (χ1v) is 15.2. The Kier molecular flexibility index (Phi) is 6.46. The predicted octanol–water partition coefficient (Wildman–Crippen LogP) is 8.69. The average Bonchev–Trinajstić information content (AvgIpc) is 3.06. The van der Waals surface area contributed by atoms with Gasteiger partial charge in [-0.3, -0.25) is 4.98 Å². The lowest BCUT2D eigenvalue weighted by atomic mass is 9.90. The van der Waals surface area contributed by atoms with Crippen LogP contribution >= 0.6 is 0 Å². The molecule has 0 aliphatic carbocycles. The Morgan fingerprint density at radius 3 is 2.02 bits per heavy atom. The summed E-state index contributed by atoms with van der Waals surface area (Å²) in [6.07, 6.45) is 4.35. The van der Waals surface area contributed by atoms with Crippen LogP contribution in [0.1, 0.15) is 30.1 Å². The Hall–Kier alpha value is -5.76. The van der Waals surface area contributed by atoms with Gasteiger partial charge in [-0.1, -0.05) is 49.4 Å². The van der Waals surface area contributed by atoms with Gasteiger partial charge in [0.15, 0.2) is 0 Å². The van der Waals surface area contributed by atoms with E-state index in [1.165, 1.54) is 0 Å². The smallest absolute Gasteiger partial charge is 0.141 e. The summed E-state index contributed by atoms with van der Waals surface area (Å²) in [5.41, 5.74) is 7.51. The van der Waals surface area contributed by atoms with Crippen LogP contribution in [0.15, 0.2) is 85.2 Å². The Morgan fingerprint density at radius 1 is 0.565 bits per heavy atom. The van der Waals surface area contributed by atoms with E-state index in [-0.39, 0.29) is 5.82 Å². The van der Waals surface area contributed by atoms with Crippen molar-refractivity contribution in [2.24, 2.45) is 0 Å². The minimum absolute atomic E-state index is 0.383. The van der Waals surface area contributed by atoms with Gasteiger partial charge < -0.3 is 0 Å². The third-order valence-corrected chi connectivity index (χ3v) is 8.46. The summed E-state index contributed by atoms with van der Waals surface area (Å²) < 4.78 is 17.4. The first-order chi connectivity index (χ1) is 22.4. The molecule has 222 valence electrons. The van der Waals surface area contributed by atoms with E-state index in [0.29, 0.717) is 50.5 Å². The zero-order chi connectivity index (χ0) is 31.5. The highest BCUT2D eigenvalue weighted by Crippen LogP contribution is 2.43. The highest BCUT2D eigenvalue weighted by atomic mass is 19.1. The van der Waals surface area contributed by atoms with Crippen molar-refractivity contribution >= 4 is 43.6 Å². The van der Waals surface area contributed by atoms with Gasteiger partial charge in [0.1, 0.15) is 23.3 Å². The van der Waals surface area contributed by atoms with Gasteiger partial charge in [0.25, 0.3) is 0 Å². The fraction of sp³-hybridized carbons (Fsp3) is 0.132. The summed E-state index contributed by atoms with van der Waals surface area (Å²) in [6, 6.07) is 23.3. The van der Waals surface area contributed by atoms with Gasteiger partial charge >= 0.3 is 0 Å². The molecule has 8 heteroatoms. The summed E-state index contributed by atoms with van der Waals surface area (Å²) in [5, 5.41) is 3.18. The van der Waals surface area contributed by atoms with Crippen LogP contribution in [0.4, 0.5) is 4.39 Å². The molecule has 0 radical (unpaired) electrons. The molecule has 7 nitrogen and oxygen atoms in total. The number of fused-ring (bicyclic) bond motifs is 4. The van der Waals surface area contributed by atoms with Gasteiger partial charge in [-0.2, -0.15) is 0 Å². The maximum atomic E-state index is 17.4. The predicted molar refractivity (Wildman–Crippen MR) is 181 cm³/mol.